The highest BCUT2D eigenvalue weighted by Gasteiger charge is 1.99. The molecule has 4 heteroatoms. The van der Waals surface area contributed by atoms with Gasteiger partial charge in [-0.25, -0.2) is 0 Å². The highest BCUT2D eigenvalue weighted by molar-refractivity contribution is 5.77. The Balaban J connectivity index is 3.18. The highest BCUT2D eigenvalue weighted by atomic mass is 16.5. The van der Waals surface area contributed by atoms with E-state index in [1.165, 1.54) is 0 Å². The Hall–Kier alpha value is -0.610. The van der Waals surface area contributed by atoms with Crippen LogP contribution in [-0.2, 0) is 9.53 Å². The third kappa shape index (κ3) is 9.48. The molecule has 0 rings (SSSR count). The molecule has 0 aromatic carbocycles. The minimum absolute atomic E-state index is 0.0165. The van der Waals surface area contributed by atoms with Gasteiger partial charge in [0.25, 0.3) is 0 Å². The fourth-order valence-electron chi connectivity index (χ4n) is 0.868. The first-order chi connectivity index (χ1) is 6.66. The summed E-state index contributed by atoms with van der Waals surface area (Å²) in [4.78, 5) is 13.1. The lowest BCUT2D eigenvalue weighted by Crippen LogP contribution is -2.29. The van der Waals surface area contributed by atoms with Crippen LogP contribution in [0.4, 0.5) is 0 Å². The Morgan fingerprint density at radius 1 is 1.43 bits per heavy atom. The summed E-state index contributed by atoms with van der Waals surface area (Å²) >= 11 is 0. The fraction of sp³-hybridized carbons (Fsp3) is 0.900. The van der Waals surface area contributed by atoms with Crippen molar-refractivity contribution < 1.29 is 9.53 Å². The van der Waals surface area contributed by atoms with E-state index >= 15 is 0 Å². The van der Waals surface area contributed by atoms with E-state index in [0.29, 0.717) is 6.61 Å². The minimum atomic E-state index is -0.0165. The number of carbonyl (C=O) groups excluding carboxylic acids is 1. The number of carbonyl (C=O) groups is 1. The summed E-state index contributed by atoms with van der Waals surface area (Å²) < 4.78 is 5.18. The molecular formula is C10H22N2O2. The molecule has 0 fully saturated rings. The molecule has 0 aliphatic rings. The Kier molecular flexibility index (Phi) is 8.57. The molecule has 1 amide bonds. The smallest absolute Gasteiger partial charge is 0.245 e. The Labute approximate surface area is 86.6 Å². The number of nitrogens with zero attached hydrogens (tertiary/aromatic N) is 1. The molecule has 0 unspecified atom stereocenters. The molecular weight excluding hydrogens is 180 g/mol. The SMILES string of the molecule is CCCCNC(=O)COCCN(C)C. The van der Waals surface area contributed by atoms with Crippen molar-refractivity contribution in [3.05, 3.63) is 0 Å². The molecule has 84 valence electrons. The zero-order valence-corrected chi connectivity index (χ0v) is 9.51. The van der Waals surface area contributed by atoms with Gasteiger partial charge in [0.2, 0.25) is 5.91 Å². The second-order valence-electron chi connectivity index (χ2n) is 3.56. The lowest BCUT2D eigenvalue weighted by atomic mass is 10.3. The fourth-order valence-corrected chi connectivity index (χ4v) is 0.868. The topological polar surface area (TPSA) is 41.6 Å². The van der Waals surface area contributed by atoms with E-state index in [1.807, 2.05) is 19.0 Å². The van der Waals surface area contributed by atoms with Crippen molar-refractivity contribution in [2.24, 2.45) is 0 Å². The van der Waals surface area contributed by atoms with Crippen molar-refractivity contribution in [3.63, 3.8) is 0 Å². The normalized spacial score (nSPS) is 10.6. The summed E-state index contributed by atoms with van der Waals surface area (Å²) in [5.74, 6) is -0.0165. The van der Waals surface area contributed by atoms with Gasteiger partial charge in [-0.2, -0.15) is 0 Å². The van der Waals surface area contributed by atoms with Crippen molar-refractivity contribution in [1.82, 2.24) is 10.2 Å². The molecule has 0 atom stereocenters. The minimum Gasteiger partial charge on any atom is -0.370 e. The monoisotopic (exact) mass is 202 g/mol. The molecule has 0 heterocycles. The molecule has 0 aromatic heterocycles. The first kappa shape index (κ1) is 13.4. The summed E-state index contributed by atoms with van der Waals surface area (Å²) in [6.07, 6.45) is 2.13. The molecule has 0 spiro atoms. The van der Waals surface area contributed by atoms with Gasteiger partial charge < -0.3 is 15.0 Å². The van der Waals surface area contributed by atoms with Crippen molar-refractivity contribution in [2.45, 2.75) is 19.8 Å². The molecule has 14 heavy (non-hydrogen) atoms. The third-order valence-corrected chi connectivity index (χ3v) is 1.77. The Morgan fingerprint density at radius 3 is 2.71 bits per heavy atom. The van der Waals surface area contributed by atoms with E-state index in [9.17, 15) is 4.79 Å². The maximum Gasteiger partial charge on any atom is 0.245 e. The molecule has 0 aliphatic carbocycles. The largest absolute Gasteiger partial charge is 0.370 e. The molecule has 0 radical (unpaired) electrons. The van der Waals surface area contributed by atoms with Gasteiger partial charge in [-0.1, -0.05) is 13.3 Å². The summed E-state index contributed by atoms with van der Waals surface area (Å²) in [7, 11) is 3.95. The van der Waals surface area contributed by atoms with E-state index < -0.39 is 0 Å². The van der Waals surface area contributed by atoms with Crippen LogP contribution >= 0.6 is 0 Å². The number of rotatable bonds is 8. The Morgan fingerprint density at radius 2 is 2.14 bits per heavy atom. The van der Waals surface area contributed by atoms with Gasteiger partial charge in [0, 0.05) is 13.1 Å². The third-order valence-electron chi connectivity index (χ3n) is 1.77. The van der Waals surface area contributed by atoms with E-state index in [-0.39, 0.29) is 12.5 Å². The van der Waals surface area contributed by atoms with Crippen molar-refractivity contribution in [1.29, 1.82) is 0 Å². The number of nitrogens with one attached hydrogen (secondary N) is 1. The summed E-state index contributed by atoms with van der Waals surface area (Å²) in [5, 5.41) is 2.79. The average molecular weight is 202 g/mol. The van der Waals surface area contributed by atoms with Crippen LogP contribution in [0.1, 0.15) is 19.8 Å². The molecule has 0 aromatic rings. The molecule has 4 nitrogen and oxygen atoms in total. The lowest BCUT2D eigenvalue weighted by molar-refractivity contribution is -0.125. The van der Waals surface area contributed by atoms with Crippen molar-refractivity contribution in [2.75, 3.05) is 40.4 Å². The van der Waals surface area contributed by atoms with E-state index in [2.05, 4.69) is 12.2 Å². The van der Waals surface area contributed by atoms with Crippen LogP contribution in [0.25, 0.3) is 0 Å². The quantitative estimate of drug-likeness (QED) is 0.582. The summed E-state index contributed by atoms with van der Waals surface area (Å²) in [6.45, 7) is 4.49. The standard InChI is InChI=1S/C10H22N2O2/c1-4-5-6-11-10(13)9-14-8-7-12(2)3/h4-9H2,1-3H3,(H,11,13). The van der Waals surface area contributed by atoms with Gasteiger partial charge in [-0.15, -0.1) is 0 Å². The average Bonchev–Trinajstić information content (AvgIpc) is 2.13. The van der Waals surface area contributed by atoms with Crippen LogP contribution in [0.5, 0.6) is 0 Å². The zero-order chi connectivity index (χ0) is 10.8. The molecule has 1 N–H and O–H groups in total. The molecule has 0 bridgehead atoms. The van der Waals surface area contributed by atoms with Crippen LogP contribution in [0.3, 0.4) is 0 Å². The molecule has 0 saturated carbocycles. The van der Waals surface area contributed by atoms with E-state index in [0.717, 1.165) is 25.9 Å². The van der Waals surface area contributed by atoms with Crippen LogP contribution in [-0.4, -0.2) is 51.2 Å². The van der Waals surface area contributed by atoms with Crippen LogP contribution in [0.15, 0.2) is 0 Å². The predicted octanol–water partition coefficient (Wildman–Crippen LogP) is 0.481. The van der Waals surface area contributed by atoms with Gasteiger partial charge >= 0.3 is 0 Å². The van der Waals surface area contributed by atoms with Gasteiger partial charge in [0.15, 0.2) is 0 Å². The maximum absolute atomic E-state index is 11.1. The summed E-state index contributed by atoms with van der Waals surface area (Å²) in [5.41, 5.74) is 0. The zero-order valence-electron chi connectivity index (χ0n) is 9.51. The highest BCUT2D eigenvalue weighted by Crippen LogP contribution is 1.83. The Bertz CT molecular complexity index is 149. The second kappa shape index (κ2) is 8.97. The first-order valence-corrected chi connectivity index (χ1v) is 5.16. The number of amides is 1. The number of unbranched alkanes of at least 4 members (excludes halogenated alkanes) is 1. The van der Waals surface area contributed by atoms with Gasteiger partial charge in [-0.3, -0.25) is 4.79 Å². The van der Waals surface area contributed by atoms with Crippen molar-refractivity contribution >= 4 is 5.91 Å². The van der Waals surface area contributed by atoms with Crippen LogP contribution in [0.2, 0.25) is 0 Å². The second-order valence-corrected chi connectivity index (χ2v) is 3.56. The number of likely N-dealkylation sites (N-methyl/N-ethyl adjacent to an activating group) is 1. The number of hydrogen-bond acceptors (Lipinski definition) is 3. The van der Waals surface area contributed by atoms with Crippen molar-refractivity contribution in [3.8, 4) is 0 Å². The van der Waals surface area contributed by atoms with E-state index in [1.54, 1.807) is 0 Å². The number of hydrogen-bond donors (Lipinski definition) is 1. The van der Waals surface area contributed by atoms with Gasteiger partial charge in [0.1, 0.15) is 6.61 Å². The lowest BCUT2D eigenvalue weighted by Gasteiger charge is -2.09. The van der Waals surface area contributed by atoms with Gasteiger partial charge in [0.05, 0.1) is 6.61 Å². The van der Waals surface area contributed by atoms with Gasteiger partial charge in [-0.05, 0) is 20.5 Å². The van der Waals surface area contributed by atoms with Crippen LogP contribution < -0.4 is 5.32 Å². The van der Waals surface area contributed by atoms with Crippen LogP contribution in [0, 0.1) is 0 Å². The number of ether oxygens (including phenoxy) is 1. The maximum atomic E-state index is 11.1. The molecule has 0 saturated heterocycles. The summed E-state index contributed by atoms with van der Waals surface area (Å²) in [6, 6.07) is 0. The van der Waals surface area contributed by atoms with E-state index in [4.69, 9.17) is 4.74 Å². The molecule has 0 aliphatic heterocycles. The predicted molar refractivity (Wildman–Crippen MR) is 57.3 cm³/mol. The first-order valence-electron chi connectivity index (χ1n) is 5.16.